The Morgan fingerprint density at radius 1 is 1.29 bits per heavy atom. The van der Waals surface area contributed by atoms with Gasteiger partial charge in [-0.15, -0.1) is 0 Å². The number of hydrogen-bond acceptors (Lipinski definition) is 2. The van der Waals surface area contributed by atoms with Crippen LogP contribution in [-0.4, -0.2) is 36.1 Å². The Labute approximate surface area is 107 Å². The highest BCUT2D eigenvalue weighted by atomic mass is 15.3. The molecule has 1 aliphatic heterocycles. The van der Waals surface area contributed by atoms with Crippen LogP contribution in [0.15, 0.2) is 0 Å². The van der Waals surface area contributed by atoms with E-state index in [0.717, 1.165) is 24.4 Å². The van der Waals surface area contributed by atoms with Crippen molar-refractivity contribution in [1.29, 1.82) is 0 Å². The predicted octanol–water partition coefficient (Wildman–Crippen LogP) is 2.89. The lowest BCUT2D eigenvalue weighted by Gasteiger charge is -2.46. The van der Waals surface area contributed by atoms with E-state index in [-0.39, 0.29) is 0 Å². The summed E-state index contributed by atoms with van der Waals surface area (Å²) in [6, 6.07) is 0.780. The number of hydrogen-bond donors (Lipinski definition) is 1. The largest absolute Gasteiger partial charge is 0.311 e. The van der Waals surface area contributed by atoms with E-state index in [1.807, 2.05) is 0 Å². The topological polar surface area (TPSA) is 15.3 Å². The summed E-state index contributed by atoms with van der Waals surface area (Å²) in [4.78, 5) is 2.73. The monoisotopic (exact) mass is 238 g/mol. The van der Waals surface area contributed by atoms with E-state index in [1.165, 1.54) is 38.8 Å². The van der Waals surface area contributed by atoms with Crippen LogP contribution in [0.5, 0.6) is 0 Å². The normalized spacial score (nSPS) is 29.8. The maximum atomic E-state index is 3.76. The summed E-state index contributed by atoms with van der Waals surface area (Å²) in [5.41, 5.74) is 0.350. The first kappa shape index (κ1) is 13.4. The molecule has 17 heavy (non-hydrogen) atoms. The number of nitrogens with zero attached hydrogens (tertiary/aromatic N) is 1. The standard InChI is InChI=1S/C15H30N2/c1-12(2)6-5-9-17-10-14(13-7-8-13)16-11-15(17,3)4/h12-14,16H,5-11H2,1-4H3. The van der Waals surface area contributed by atoms with Crippen LogP contribution in [0, 0.1) is 11.8 Å². The first-order valence-electron chi connectivity index (χ1n) is 7.47. The zero-order valence-electron chi connectivity index (χ0n) is 12.1. The van der Waals surface area contributed by atoms with Crippen LogP contribution in [0.25, 0.3) is 0 Å². The Kier molecular flexibility index (Phi) is 4.14. The number of rotatable bonds is 5. The van der Waals surface area contributed by atoms with Crippen LogP contribution >= 0.6 is 0 Å². The minimum absolute atomic E-state index is 0.350. The van der Waals surface area contributed by atoms with E-state index >= 15 is 0 Å². The smallest absolute Gasteiger partial charge is 0.0278 e. The molecule has 2 rings (SSSR count). The van der Waals surface area contributed by atoms with E-state index < -0.39 is 0 Å². The highest BCUT2D eigenvalue weighted by Crippen LogP contribution is 2.35. The van der Waals surface area contributed by atoms with Gasteiger partial charge in [-0.25, -0.2) is 0 Å². The van der Waals surface area contributed by atoms with Crippen molar-refractivity contribution in [1.82, 2.24) is 10.2 Å². The van der Waals surface area contributed by atoms with Gasteiger partial charge in [0.2, 0.25) is 0 Å². The molecule has 1 heterocycles. The van der Waals surface area contributed by atoms with Crippen LogP contribution in [0.3, 0.4) is 0 Å². The average Bonchev–Trinajstić information content (AvgIpc) is 3.03. The molecular weight excluding hydrogens is 208 g/mol. The van der Waals surface area contributed by atoms with Gasteiger partial charge in [-0.2, -0.15) is 0 Å². The van der Waals surface area contributed by atoms with Gasteiger partial charge >= 0.3 is 0 Å². The highest BCUT2D eigenvalue weighted by molar-refractivity contribution is 4.98. The molecule has 0 aromatic heterocycles. The fourth-order valence-corrected chi connectivity index (χ4v) is 2.94. The van der Waals surface area contributed by atoms with Gasteiger partial charge in [0.1, 0.15) is 0 Å². The quantitative estimate of drug-likeness (QED) is 0.792. The van der Waals surface area contributed by atoms with E-state index in [4.69, 9.17) is 0 Å². The molecular formula is C15H30N2. The lowest BCUT2D eigenvalue weighted by molar-refractivity contribution is 0.0583. The van der Waals surface area contributed by atoms with Gasteiger partial charge in [-0.1, -0.05) is 13.8 Å². The molecule has 0 amide bonds. The molecule has 1 saturated heterocycles. The van der Waals surface area contributed by atoms with E-state index in [1.54, 1.807) is 0 Å². The average molecular weight is 238 g/mol. The molecule has 0 bridgehead atoms. The third kappa shape index (κ3) is 3.69. The van der Waals surface area contributed by atoms with E-state index in [9.17, 15) is 0 Å². The molecule has 2 aliphatic rings. The second-order valence-corrected chi connectivity index (χ2v) is 7.12. The molecule has 2 nitrogen and oxygen atoms in total. The summed E-state index contributed by atoms with van der Waals surface area (Å²) in [6.07, 6.45) is 5.64. The molecule has 1 atom stereocenters. The molecule has 1 N–H and O–H groups in total. The molecule has 0 aromatic rings. The summed E-state index contributed by atoms with van der Waals surface area (Å²) in [5, 5.41) is 3.76. The summed E-state index contributed by atoms with van der Waals surface area (Å²) in [7, 11) is 0. The summed E-state index contributed by atoms with van der Waals surface area (Å²) in [6.45, 7) is 13.2. The minimum atomic E-state index is 0.350. The van der Waals surface area contributed by atoms with Crippen molar-refractivity contribution in [3.63, 3.8) is 0 Å². The minimum Gasteiger partial charge on any atom is -0.311 e. The van der Waals surface area contributed by atoms with Crippen LogP contribution in [-0.2, 0) is 0 Å². The fraction of sp³-hybridized carbons (Fsp3) is 1.00. The maximum absolute atomic E-state index is 3.76. The lowest BCUT2D eigenvalue weighted by Crippen LogP contribution is -2.62. The Morgan fingerprint density at radius 3 is 2.59 bits per heavy atom. The summed E-state index contributed by atoms with van der Waals surface area (Å²) < 4.78 is 0. The Bertz CT molecular complexity index is 243. The third-order valence-electron chi connectivity index (χ3n) is 4.47. The molecule has 1 unspecified atom stereocenters. The van der Waals surface area contributed by atoms with Gasteiger partial charge in [0.25, 0.3) is 0 Å². The van der Waals surface area contributed by atoms with Crippen molar-refractivity contribution in [2.24, 2.45) is 11.8 Å². The molecule has 0 radical (unpaired) electrons. The molecule has 100 valence electrons. The lowest BCUT2D eigenvalue weighted by atomic mass is 9.95. The third-order valence-corrected chi connectivity index (χ3v) is 4.47. The Morgan fingerprint density at radius 2 is 2.00 bits per heavy atom. The zero-order chi connectivity index (χ0) is 12.5. The van der Waals surface area contributed by atoms with Crippen molar-refractivity contribution in [2.45, 2.75) is 65.0 Å². The molecule has 1 aliphatic carbocycles. The summed E-state index contributed by atoms with van der Waals surface area (Å²) >= 11 is 0. The SMILES string of the molecule is CC(C)CCCN1CC(C2CC2)NCC1(C)C. The second kappa shape index (κ2) is 5.27. The Balaban J connectivity index is 1.82. The van der Waals surface area contributed by atoms with Crippen LogP contribution < -0.4 is 5.32 Å². The van der Waals surface area contributed by atoms with Gasteiger partial charge < -0.3 is 5.32 Å². The van der Waals surface area contributed by atoms with Crippen molar-refractivity contribution < 1.29 is 0 Å². The van der Waals surface area contributed by atoms with E-state index in [2.05, 4.69) is 37.9 Å². The van der Waals surface area contributed by atoms with Gasteiger partial charge in [0, 0.05) is 24.7 Å². The zero-order valence-corrected chi connectivity index (χ0v) is 12.1. The molecule has 0 spiro atoms. The van der Waals surface area contributed by atoms with Crippen LogP contribution in [0.1, 0.15) is 53.4 Å². The molecule has 2 heteroatoms. The first-order valence-corrected chi connectivity index (χ1v) is 7.47. The number of piperazine rings is 1. The second-order valence-electron chi connectivity index (χ2n) is 7.12. The molecule has 0 aromatic carbocycles. The van der Waals surface area contributed by atoms with Crippen molar-refractivity contribution in [3.05, 3.63) is 0 Å². The Hall–Kier alpha value is -0.0800. The van der Waals surface area contributed by atoms with Crippen LogP contribution in [0.2, 0.25) is 0 Å². The highest BCUT2D eigenvalue weighted by Gasteiger charge is 2.39. The van der Waals surface area contributed by atoms with Gasteiger partial charge in [-0.05, 0) is 57.9 Å². The van der Waals surface area contributed by atoms with Crippen molar-refractivity contribution in [3.8, 4) is 0 Å². The van der Waals surface area contributed by atoms with Gasteiger partial charge in [-0.3, -0.25) is 4.90 Å². The fourth-order valence-electron chi connectivity index (χ4n) is 2.94. The van der Waals surface area contributed by atoms with Crippen molar-refractivity contribution >= 4 is 0 Å². The van der Waals surface area contributed by atoms with Crippen molar-refractivity contribution in [2.75, 3.05) is 19.6 Å². The predicted molar refractivity (Wildman–Crippen MR) is 74.2 cm³/mol. The summed E-state index contributed by atoms with van der Waals surface area (Å²) in [5.74, 6) is 1.83. The number of nitrogens with one attached hydrogen (secondary N) is 1. The maximum Gasteiger partial charge on any atom is 0.0278 e. The van der Waals surface area contributed by atoms with Gasteiger partial charge in [0.05, 0.1) is 0 Å². The molecule has 1 saturated carbocycles. The van der Waals surface area contributed by atoms with Crippen LogP contribution in [0.4, 0.5) is 0 Å². The van der Waals surface area contributed by atoms with Gasteiger partial charge in [0.15, 0.2) is 0 Å². The van der Waals surface area contributed by atoms with E-state index in [0.29, 0.717) is 5.54 Å². The molecule has 2 fully saturated rings. The first-order chi connectivity index (χ1) is 7.99.